The van der Waals surface area contributed by atoms with E-state index in [1.54, 1.807) is 17.9 Å². The molecule has 8 heteroatoms. The Morgan fingerprint density at radius 2 is 1.90 bits per heavy atom. The summed E-state index contributed by atoms with van der Waals surface area (Å²) >= 11 is 17.9. The summed E-state index contributed by atoms with van der Waals surface area (Å²) in [6.45, 7) is 4.49. The van der Waals surface area contributed by atoms with Gasteiger partial charge in [0.15, 0.2) is 0 Å². The van der Waals surface area contributed by atoms with Crippen LogP contribution in [0.3, 0.4) is 0 Å². The minimum Gasteiger partial charge on any atom is -0.450 e. The highest BCUT2D eigenvalue weighted by Gasteiger charge is 2.24. The first-order chi connectivity index (χ1) is 9.52. The smallest absolute Gasteiger partial charge is 0.409 e. The number of hydrogen-bond donors (Lipinski definition) is 0. The molecule has 1 fully saturated rings. The zero-order valence-electron chi connectivity index (χ0n) is 10.9. The quantitative estimate of drug-likeness (QED) is 0.776. The van der Waals surface area contributed by atoms with Crippen molar-refractivity contribution in [2.24, 2.45) is 0 Å². The van der Waals surface area contributed by atoms with E-state index in [1.807, 2.05) is 4.90 Å². The first-order valence-corrected chi connectivity index (χ1v) is 7.34. The zero-order chi connectivity index (χ0) is 14.7. The molecule has 2 heterocycles. The third-order valence-corrected chi connectivity index (χ3v) is 3.92. The normalized spacial score (nSPS) is 15.4. The van der Waals surface area contributed by atoms with Crippen LogP contribution in [0.4, 0.5) is 10.6 Å². The standard InChI is InChI=1S/C12H14Cl3N3O2/c1-2-20-12(19)18-5-3-17(4-6-18)11-9(14)7-8(13)10(15)16-11/h7H,2-6H2,1H3. The van der Waals surface area contributed by atoms with Crippen LogP contribution in [0.5, 0.6) is 0 Å². The van der Waals surface area contributed by atoms with E-state index in [0.29, 0.717) is 48.6 Å². The average Bonchev–Trinajstić information content (AvgIpc) is 2.43. The second-order valence-corrected chi connectivity index (χ2v) is 5.41. The lowest BCUT2D eigenvalue weighted by Gasteiger charge is -2.35. The predicted molar refractivity (Wildman–Crippen MR) is 80.1 cm³/mol. The van der Waals surface area contributed by atoms with Gasteiger partial charge in [-0.2, -0.15) is 0 Å². The van der Waals surface area contributed by atoms with Crippen LogP contribution >= 0.6 is 34.8 Å². The summed E-state index contributed by atoms with van der Waals surface area (Å²) in [4.78, 5) is 19.4. The van der Waals surface area contributed by atoms with E-state index < -0.39 is 0 Å². The number of piperazine rings is 1. The van der Waals surface area contributed by atoms with Gasteiger partial charge >= 0.3 is 6.09 Å². The molecule has 0 saturated carbocycles. The Labute approximate surface area is 132 Å². The maximum absolute atomic E-state index is 11.6. The number of carbonyl (C=O) groups is 1. The number of pyridine rings is 1. The summed E-state index contributed by atoms with van der Waals surface area (Å²) in [7, 11) is 0. The third kappa shape index (κ3) is 3.40. The molecule has 110 valence electrons. The number of aromatic nitrogens is 1. The number of halogens is 3. The largest absolute Gasteiger partial charge is 0.450 e. The lowest BCUT2D eigenvalue weighted by atomic mass is 10.3. The average molecular weight is 339 g/mol. The van der Waals surface area contributed by atoms with Crippen LogP contribution in [0.25, 0.3) is 0 Å². The van der Waals surface area contributed by atoms with Crippen LogP contribution in [-0.4, -0.2) is 48.8 Å². The molecular formula is C12H14Cl3N3O2. The number of amides is 1. The molecule has 0 aromatic carbocycles. The highest BCUT2D eigenvalue weighted by Crippen LogP contribution is 2.31. The Morgan fingerprint density at radius 3 is 2.50 bits per heavy atom. The molecule has 0 atom stereocenters. The summed E-state index contributed by atoms with van der Waals surface area (Å²) in [5.74, 6) is 0.588. The summed E-state index contributed by atoms with van der Waals surface area (Å²) in [5, 5.41) is 0.994. The number of anilines is 1. The van der Waals surface area contributed by atoms with Crippen LogP contribution < -0.4 is 4.90 Å². The molecular weight excluding hydrogens is 325 g/mol. The predicted octanol–water partition coefficient (Wildman–Crippen LogP) is 3.32. The summed E-state index contributed by atoms with van der Waals surface area (Å²) in [5.41, 5.74) is 0. The lowest BCUT2D eigenvalue weighted by molar-refractivity contribution is 0.105. The maximum Gasteiger partial charge on any atom is 0.409 e. The van der Waals surface area contributed by atoms with Gasteiger partial charge in [0, 0.05) is 26.2 Å². The van der Waals surface area contributed by atoms with E-state index in [9.17, 15) is 4.79 Å². The van der Waals surface area contributed by atoms with Crippen molar-refractivity contribution >= 4 is 46.7 Å². The molecule has 0 unspecified atom stereocenters. The van der Waals surface area contributed by atoms with Gasteiger partial charge in [0.25, 0.3) is 0 Å². The van der Waals surface area contributed by atoms with Crippen molar-refractivity contribution < 1.29 is 9.53 Å². The third-order valence-electron chi connectivity index (χ3n) is 2.97. The number of carbonyl (C=O) groups excluding carboxylic acids is 1. The molecule has 0 bridgehead atoms. The molecule has 20 heavy (non-hydrogen) atoms. The Bertz CT molecular complexity index is 505. The van der Waals surface area contributed by atoms with Crippen molar-refractivity contribution in [1.82, 2.24) is 9.88 Å². The van der Waals surface area contributed by atoms with E-state index in [-0.39, 0.29) is 11.2 Å². The van der Waals surface area contributed by atoms with Gasteiger partial charge in [-0.1, -0.05) is 34.8 Å². The van der Waals surface area contributed by atoms with E-state index in [4.69, 9.17) is 39.5 Å². The Hall–Kier alpha value is -0.910. The number of hydrogen-bond acceptors (Lipinski definition) is 4. The lowest BCUT2D eigenvalue weighted by Crippen LogP contribution is -2.49. The molecule has 0 radical (unpaired) electrons. The van der Waals surface area contributed by atoms with Crippen molar-refractivity contribution in [3.63, 3.8) is 0 Å². The van der Waals surface area contributed by atoms with E-state index >= 15 is 0 Å². The number of ether oxygens (including phenoxy) is 1. The van der Waals surface area contributed by atoms with Gasteiger partial charge in [0.05, 0.1) is 16.7 Å². The fourth-order valence-corrected chi connectivity index (χ4v) is 2.59. The van der Waals surface area contributed by atoms with Crippen LogP contribution in [0.1, 0.15) is 6.92 Å². The SMILES string of the molecule is CCOC(=O)N1CCN(c2nc(Cl)c(Cl)cc2Cl)CC1. The fourth-order valence-electron chi connectivity index (χ4n) is 1.97. The fraction of sp³-hybridized carbons (Fsp3) is 0.500. The van der Waals surface area contributed by atoms with Crippen molar-refractivity contribution in [1.29, 1.82) is 0 Å². The van der Waals surface area contributed by atoms with Crippen molar-refractivity contribution in [2.75, 3.05) is 37.7 Å². The van der Waals surface area contributed by atoms with Gasteiger partial charge in [0.1, 0.15) is 11.0 Å². The van der Waals surface area contributed by atoms with Crippen LogP contribution in [0.2, 0.25) is 15.2 Å². The molecule has 1 aliphatic heterocycles. The van der Waals surface area contributed by atoms with E-state index in [1.165, 1.54) is 0 Å². The summed E-state index contributed by atoms with van der Waals surface area (Å²) < 4.78 is 4.97. The number of rotatable bonds is 2. The second kappa shape index (κ2) is 6.70. The highest BCUT2D eigenvalue weighted by atomic mass is 35.5. The van der Waals surface area contributed by atoms with Gasteiger partial charge in [-0.25, -0.2) is 9.78 Å². The topological polar surface area (TPSA) is 45.7 Å². The van der Waals surface area contributed by atoms with E-state index in [0.717, 1.165) is 0 Å². The minimum absolute atomic E-state index is 0.221. The van der Waals surface area contributed by atoms with Crippen LogP contribution in [0.15, 0.2) is 6.07 Å². The van der Waals surface area contributed by atoms with Gasteiger partial charge in [-0.05, 0) is 13.0 Å². The molecule has 1 saturated heterocycles. The Balaban J connectivity index is 2.04. The Morgan fingerprint density at radius 1 is 1.25 bits per heavy atom. The van der Waals surface area contributed by atoms with Crippen molar-refractivity contribution in [3.05, 3.63) is 21.3 Å². The summed E-state index contributed by atoms with van der Waals surface area (Å²) in [6, 6.07) is 1.57. The Kier molecular flexibility index (Phi) is 5.18. The maximum atomic E-state index is 11.6. The first kappa shape index (κ1) is 15.5. The molecule has 0 N–H and O–H groups in total. The van der Waals surface area contributed by atoms with Gasteiger partial charge in [-0.3, -0.25) is 0 Å². The molecule has 1 amide bonds. The minimum atomic E-state index is -0.291. The molecule has 5 nitrogen and oxygen atoms in total. The van der Waals surface area contributed by atoms with Crippen LogP contribution in [-0.2, 0) is 4.74 Å². The van der Waals surface area contributed by atoms with Gasteiger partial charge in [-0.15, -0.1) is 0 Å². The number of nitrogens with zero attached hydrogens (tertiary/aromatic N) is 3. The van der Waals surface area contributed by atoms with Crippen molar-refractivity contribution in [2.45, 2.75) is 6.92 Å². The summed E-state index contributed by atoms with van der Waals surface area (Å²) in [6.07, 6.45) is -0.291. The van der Waals surface area contributed by atoms with Crippen molar-refractivity contribution in [3.8, 4) is 0 Å². The van der Waals surface area contributed by atoms with E-state index in [2.05, 4.69) is 4.98 Å². The zero-order valence-corrected chi connectivity index (χ0v) is 13.2. The van der Waals surface area contributed by atoms with Crippen LogP contribution in [0, 0.1) is 0 Å². The molecule has 1 aliphatic rings. The second-order valence-electron chi connectivity index (χ2n) is 4.24. The van der Waals surface area contributed by atoms with Gasteiger partial charge in [0.2, 0.25) is 0 Å². The monoisotopic (exact) mass is 337 g/mol. The molecule has 1 aromatic heterocycles. The molecule has 0 aliphatic carbocycles. The van der Waals surface area contributed by atoms with Gasteiger partial charge < -0.3 is 14.5 Å². The first-order valence-electron chi connectivity index (χ1n) is 6.21. The molecule has 1 aromatic rings. The molecule has 2 rings (SSSR count). The molecule has 0 spiro atoms. The highest BCUT2D eigenvalue weighted by molar-refractivity contribution is 6.42.